The summed E-state index contributed by atoms with van der Waals surface area (Å²) in [5.41, 5.74) is 0.765. The molecule has 1 aromatic carbocycles. The molecule has 1 aromatic heterocycles. The fraction of sp³-hybridized carbons (Fsp3) is 0.438. The minimum atomic E-state index is -0.0699. The number of benzene rings is 1. The Morgan fingerprint density at radius 1 is 1.35 bits per heavy atom. The number of aromatic nitrogens is 1. The first-order chi connectivity index (χ1) is 11.1. The van der Waals surface area contributed by atoms with Gasteiger partial charge in [0.25, 0.3) is 0 Å². The van der Waals surface area contributed by atoms with E-state index in [1.54, 1.807) is 18.9 Å². The molecule has 0 bridgehead atoms. The lowest BCUT2D eigenvalue weighted by Gasteiger charge is -2.30. The zero-order valence-electron chi connectivity index (χ0n) is 13.2. The molecule has 0 aliphatic carbocycles. The number of carbonyl (C=O) groups excluding carboxylic acids is 2. The number of methoxy groups -OCH3 is 1. The number of anilines is 1. The Balaban J connectivity index is 1.68. The Morgan fingerprint density at radius 2 is 2.09 bits per heavy atom. The Hall–Kier alpha value is -2.15. The van der Waals surface area contributed by atoms with Gasteiger partial charge in [0.1, 0.15) is 11.3 Å². The highest BCUT2D eigenvalue weighted by Crippen LogP contribution is 2.32. The molecule has 2 amide bonds. The zero-order chi connectivity index (χ0) is 16.4. The average molecular weight is 333 g/mol. The third kappa shape index (κ3) is 3.29. The molecule has 0 atom stereocenters. The minimum Gasteiger partial charge on any atom is -0.494 e. The summed E-state index contributed by atoms with van der Waals surface area (Å²) in [5, 5.41) is 3.49. The number of hydrogen-bond donors (Lipinski definition) is 1. The molecule has 0 unspecified atom stereocenters. The summed E-state index contributed by atoms with van der Waals surface area (Å²) in [7, 11) is 1.61. The van der Waals surface area contributed by atoms with Crippen LogP contribution >= 0.6 is 11.3 Å². The summed E-state index contributed by atoms with van der Waals surface area (Å²) < 4.78 is 6.27. The second kappa shape index (κ2) is 6.54. The monoisotopic (exact) mass is 333 g/mol. The van der Waals surface area contributed by atoms with Crippen molar-refractivity contribution in [2.24, 2.45) is 5.92 Å². The van der Waals surface area contributed by atoms with Crippen LogP contribution in [0.15, 0.2) is 18.2 Å². The van der Waals surface area contributed by atoms with Crippen LogP contribution in [-0.4, -0.2) is 41.9 Å². The second-order valence-electron chi connectivity index (χ2n) is 5.60. The van der Waals surface area contributed by atoms with Gasteiger partial charge in [0.2, 0.25) is 11.8 Å². The summed E-state index contributed by atoms with van der Waals surface area (Å²) >= 11 is 1.44. The number of thiazole rings is 1. The largest absolute Gasteiger partial charge is 0.494 e. The lowest BCUT2D eigenvalue weighted by Crippen LogP contribution is -2.40. The van der Waals surface area contributed by atoms with Crippen molar-refractivity contribution in [3.8, 4) is 5.75 Å². The van der Waals surface area contributed by atoms with Gasteiger partial charge in [-0.1, -0.05) is 17.4 Å². The number of nitrogens with one attached hydrogen (secondary N) is 1. The van der Waals surface area contributed by atoms with Crippen LogP contribution in [0.3, 0.4) is 0 Å². The molecule has 1 aliphatic heterocycles. The van der Waals surface area contributed by atoms with Crippen LogP contribution in [0, 0.1) is 5.92 Å². The van der Waals surface area contributed by atoms with E-state index in [-0.39, 0.29) is 17.7 Å². The molecule has 1 fully saturated rings. The normalized spacial score (nSPS) is 15.7. The zero-order valence-corrected chi connectivity index (χ0v) is 14.0. The number of nitrogens with zero attached hydrogens (tertiary/aromatic N) is 2. The topological polar surface area (TPSA) is 71.5 Å². The van der Waals surface area contributed by atoms with Gasteiger partial charge in [0.15, 0.2) is 5.13 Å². The van der Waals surface area contributed by atoms with Gasteiger partial charge in [-0.15, -0.1) is 0 Å². The lowest BCUT2D eigenvalue weighted by molar-refractivity contribution is -0.132. The number of hydrogen-bond acceptors (Lipinski definition) is 5. The van der Waals surface area contributed by atoms with E-state index >= 15 is 0 Å². The van der Waals surface area contributed by atoms with Crippen molar-refractivity contribution in [1.29, 1.82) is 0 Å². The molecule has 0 spiro atoms. The van der Waals surface area contributed by atoms with E-state index in [1.165, 1.54) is 11.3 Å². The summed E-state index contributed by atoms with van der Waals surface area (Å²) in [6.07, 6.45) is 1.39. The summed E-state index contributed by atoms with van der Waals surface area (Å²) in [4.78, 5) is 30.0. The second-order valence-corrected chi connectivity index (χ2v) is 6.63. The maximum Gasteiger partial charge on any atom is 0.229 e. The molecule has 0 radical (unpaired) electrons. The van der Waals surface area contributed by atoms with Crippen LogP contribution in [0.1, 0.15) is 19.8 Å². The van der Waals surface area contributed by atoms with E-state index in [2.05, 4.69) is 10.3 Å². The number of rotatable bonds is 3. The van der Waals surface area contributed by atoms with Crippen molar-refractivity contribution >= 4 is 38.5 Å². The van der Waals surface area contributed by atoms with Gasteiger partial charge in [-0.25, -0.2) is 4.98 Å². The standard InChI is InChI=1S/C16H19N3O3S/c1-10(20)19-8-6-11(7-9-19)15(21)18-16-17-14-12(22-2)4-3-5-13(14)23-16/h3-5,11H,6-9H2,1-2H3,(H,17,18,21). The quantitative estimate of drug-likeness (QED) is 0.937. The van der Waals surface area contributed by atoms with E-state index in [9.17, 15) is 9.59 Å². The van der Waals surface area contributed by atoms with Crippen molar-refractivity contribution in [2.45, 2.75) is 19.8 Å². The third-order valence-corrected chi connectivity index (χ3v) is 5.08. The molecular formula is C16H19N3O3S. The van der Waals surface area contributed by atoms with Crippen LogP contribution in [0.2, 0.25) is 0 Å². The SMILES string of the molecule is COc1cccc2sc(NC(=O)C3CCN(C(C)=O)CC3)nc12. The molecule has 2 heterocycles. The van der Waals surface area contributed by atoms with Gasteiger partial charge >= 0.3 is 0 Å². The smallest absolute Gasteiger partial charge is 0.229 e. The van der Waals surface area contributed by atoms with Crippen LogP contribution < -0.4 is 10.1 Å². The third-order valence-electron chi connectivity index (χ3n) is 4.14. The van der Waals surface area contributed by atoms with Crippen molar-refractivity contribution in [3.63, 3.8) is 0 Å². The highest BCUT2D eigenvalue weighted by molar-refractivity contribution is 7.22. The Kier molecular flexibility index (Phi) is 4.47. The van der Waals surface area contributed by atoms with Crippen LogP contribution in [0.25, 0.3) is 10.2 Å². The number of likely N-dealkylation sites (tertiary alicyclic amines) is 1. The number of piperidine rings is 1. The molecule has 122 valence electrons. The maximum absolute atomic E-state index is 12.4. The molecule has 7 heteroatoms. The number of ether oxygens (including phenoxy) is 1. The van der Waals surface area contributed by atoms with Gasteiger partial charge < -0.3 is 15.0 Å². The first-order valence-corrected chi connectivity index (χ1v) is 8.40. The summed E-state index contributed by atoms with van der Waals surface area (Å²) in [6.45, 7) is 2.84. The molecule has 0 saturated carbocycles. The van der Waals surface area contributed by atoms with Crippen molar-refractivity contribution in [2.75, 3.05) is 25.5 Å². The molecule has 23 heavy (non-hydrogen) atoms. The number of carbonyl (C=O) groups is 2. The van der Waals surface area contributed by atoms with E-state index in [0.29, 0.717) is 36.8 Å². The maximum atomic E-state index is 12.4. The predicted octanol–water partition coefficient (Wildman–Crippen LogP) is 2.50. The Morgan fingerprint density at radius 3 is 2.74 bits per heavy atom. The molecule has 1 aliphatic rings. The highest BCUT2D eigenvalue weighted by atomic mass is 32.1. The van der Waals surface area contributed by atoms with Gasteiger partial charge in [-0.3, -0.25) is 9.59 Å². The fourth-order valence-electron chi connectivity index (χ4n) is 2.81. The van der Waals surface area contributed by atoms with Gasteiger partial charge in [0, 0.05) is 25.9 Å². The highest BCUT2D eigenvalue weighted by Gasteiger charge is 2.26. The molecule has 3 rings (SSSR count). The van der Waals surface area contributed by atoms with Gasteiger partial charge in [-0.05, 0) is 25.0 Å². The first kappa shape index (κ1) is 15.7. The van der Waals surface area contributed by atoms with Crippen molar-refractivity contribution < 1.29 is 14.3 Å². The Bertz CT molecular complexity index is 735. The predicted molar refractivity (Wildman–Crippen MR) is 89.8 cm³/mol. The fourth-order valence-corrected chi connectivity index (χ4v) is 3.69. The average Bonchev–Trinajstić information content (AvgIpc) is 2.97. The summed E-state index contributed by atoms with van der Waals surface area (Å²) in [6, 6.07) is 5.71. The van der Waals surface area contributed by atoms with Crippen LogP contribution in [-0.2, 0) is 9.59 Å². The van der Waals surface area contributed by atoms with Crippen molar-refractivity contribution in [1.82, 2.24) is 9.88 Å². The molecule has 6 nitrogen and oxygen atoms in total. The van der Waals surface area contributed by atoms with Crippen molar-refractivity contribution in [3.05, 3.63) is 18.2 Å². The molecule has 2 aromatic rings. The van der Waals surface area contributed by atoms with E-state index in [1.807, 2.05) is 18.2 Å². The summed E-state index contributed by atoms with van der Waals surface area (Å²) in [5.74, 6) is 0.682. The van der Waals surface area contributed by atoms with Crippen LogP contribution in [0.5, 0.6) is 5.75 Å². The molecule has 1 saturated heterocycles. The van der Waals surface area contributed by atoms with E-state index in [0.717, 1.165) is 10.2 Å². The lowest BCUT2D eigenvalue weighted by atomic mass is 9.96. The van der Waals surface area contributed by atoms with Gasteiger partial charge in [-0.2, -0.15) is 0 Å². The van der Waals surface area contributed by atoms with E-state index < -0.39 is 0 Å². The minimum absolute atomic E-state index is 0.0220. The van der Waals surface area contributed by atoms with Crippen LogP contribution in [0.4, 0.5) is 5.13 Å². The molecule has 1 N–H and O–H groups in total. The number of para-hydroxylation sites is 1. The van der Waals surface area contributed by atoms with Gasteiger partial charge in [0.05, 0.1) is 11.8 Å². The first-order valence-electron chi connectivity index (χ1n) is 7.58. The number of amides is 2. The molecular weight excluding hydrogens is 314 g/mol. The number of fused-ring (bicyclic) bond motifs is 1. The van der Waals surface area contributed by atoms with E-state index in [4.69, 9.17) is 4.74 Å². The Labute approximate surface area is 138 Å².